The Morgan fingerprint density at radius 1 is 1.12 bits per heavy atom. The Balaban J connectivity index is 2.10. The number of nitrogens with one attached hydrogen (secondary N) is 1. The number of amides is 1. The molecule has 0 aliphatic rings. The number of methoxy groups -OCH3 is 1. The van der Waals surface area contributed by atoms with Gasteiger partial charge in [-0.3, -0.25) is 4.79 Å². The first-order chi connectivity index (χ1) is 11.5. The van der Waals surface area contributed by atoms with Crippen LogP contribution in [-0.2, 0) is 20.7 Å². The van der Waals surface area contributed by atoms with Crippen molar-refractivity contribution in [3.63, 3.8) is 0 Å². The van der Waals surface area contributed by atoms with Crippen molar-refractivity contribution in [3.8, 4) is 0 Å². The number of hydrogen-bond donors (Lipinski definition) is 2. The number of ether oxygens (including phenoxy) is 1. The summed E-state index contributed by atoms with van der Waals surface area (Å²) in [6, 6.07) is 15.5. The van der Waals surface area contributed by atoms with E-state index >= 15 is 0 Å². The number of carbonyl (C=O) groups is 2. The molecule has 0 radical (unpaired) electrons. The molecule has 2 aromatic carbocycles. The molecule has 0 aliphatic carbocycles. The second-order valence-electron chi connectivity index (χ2n) is 5.26. The molecule has 0 fully saturated rings. The van der Waals surface area contributed by atoms with Gasteiger partial charge in [0.1, 0.15) is 6.04 Å². The summed E-state index contributed by atoms with van der Waals surface area (Å²) < 4.78 is 6.30. The van der Waals surface area contributed by atoms with Crippen LogP contribution in [0.2, 0.25) is 0 Å². The van der Waals surface area contributed by atoms with E-state index in [-0.39, 0.29) is 6.42 Å². The van der Waals surface area contributed by atoms with Gasteiger partial charge in [0.15, 0.2) is 6.10 Å². The molecule has 0 unspecified atom stereocenters. The first kappa shape index (κ1) is 18.4. The number of carbonyl (C=O) groups excluding carboxylic acids is 1. The molecule has 2 rings (SSSR count). The first-order valence-electron chi connectivity index (χ1n) is 7.36. The summed E-state index contributed by atoms with van der Waals surface area (Å²) in [5.74, 6) is -1.55. The predicted molar refractivity (Wildman–Crippen MR) is 98.6 cm³/mol. The SMILES string of the molecule is CO[C@@H](C(=O)N[C@@H](Cc1ccc(I)cc1)C(=O)O)c1ccccc1. The van der Waals surface area contributed by atoms with Crippen molar-refractivity contribution in [3.05, 3.63) is 69.3 Å². The highest BCUT2D eigenvalue weighted by Gasteiger charge is 2.26. The van der Waals surface area contributed by atoms with E-state index in [4.69, 9.17) is 4.74 Å². The summed E-state index contributed by atoms with van der Waals surface area (Å²) in [7, 11) is 1.42. The van der Waals surface area contributed by atoms with Crippen LogP contribution in [0.1, 0.15) is 17.2 Å². The number of halogens is 1. The van der Waals surface area contributed by atoms with Crippen molar-refractivity contribution in [2.75, 3.05) is 7.11 Å². The minimum atomic E-state index is -1.08. The zero-order chi connectivity index (χ0) is 17.5. The Hall–Kier alpha value is -1.93. The molecular formula is C18H18INO4. The van der Waals surface area contributed by atoms with Crippen LogP contribution in [0.4, 0.5) is 0 Å². The third-order valence-corrected chi connectivity index (χ3v) is 4.26. The van der Waals surface area contributed by atoms with Crippen molar-refractivity contribution in [2.24, 2.45) is 0 Å². The van der Waals surface area contributed by atoms with Gasteiger partial charge in [-0.15, -0.1) is 0 Å². The normalized spacial score (nSPS) is 13.1. The maximum atomic E-state index is 12.4. The van der Waals surface area contributed by atoms with Crippen LogP contribution >= 0.6 is 22.6 Å². The fourth-order valence-corrected chi connectivity index (χ4v) is 2.69. The molecule has 6 heteroatoms. The molecule has 5 nitrogen and oxygen atoms in total. The number of rotatable bonds is 7. The van der Waals surface area contributed by atoms with Gasteiger partial charge in [-0.2, -0.15) is 0 Å². The Labute approximate surface area is 154 Å². The lowest BCUT2D eigenvalue weighted by atomic mass is 10.0. The van der Waals surface area contributed by atoms with E-state index in [0.29, 0.717) is 5.56 Å². The molecule has 0 saturated carbocycles. The van der Waals surface area contributed by atoms with Gasteiger partial charge in [0, 0.05) is 17.1 Å². The summed E-state index contributed by atoms with van der Waals surface area (Å²) in [6.07, 6.45) is -0.631. The molecule has 0 heterocycles. The topological polar surface area (TPSA) is 75.6 Å². The van der Waals surface area contributed by atoms with Gasteiger partial charge in [0.25, 0.3) is 5.91 Å². The summed E-state index contributed by atoms with van der Waals surface area (Å²) in [6.45, 7) is 0. The highest BCUT2D eigenvalue weighted by molar-refractivity contribution is 14.1. The van der Waals surface area contributed by atoms with Crippen LogP contribution in [0.3, 0.4) is 0 Å². The van der Waals surface area contributed by atoms with Crippen LogP contribution < -0.4 is 5.32 Å². The Morgan fingerprint density at radius 2 is 1.75 bits per heavy atom. The van der Waals surface area contributed by atoms with Gasteiger partial charge in [0.2, 0.25) is 0 Å². The molecule has 1 amide bonds. The number of benzene rings is 2. The number of carboxylic acid groups (broad SMARTS) is 1. The van der Waals surface area contributed by atoms with Crippen molar-refractivity contribution in [2.45, 2.75) is 18.6 Å². The number of carboxylic acids is 1. The lowest BCUT2D eigenvalue weighted by molar-refractivity contribution is -0.144. The average molecular weight is 439 g/mol. The summed E-state index contributed by atoms with van der Waals surface area (Å²) >= 11 is 2.18. The van der Waals surface area contributed by atoms with Crippen molar-refractivity contribution < 1.29 is 19.4 Å². The van der Waals surface area contributed by atoms with Crippen molar-refractivity contribution >= 4 is 34.5 Å². The van der Waals surface area contributed by atoms with E-state index in [0.717, 1.165) is 9.13 Å². The Bertz CT molecular complexity index is 688. The van der Waals surface area contributed by atoms with E-state index in [9.17, 15) is 14.7 Å². The third kappa shape index (κ3) is 5.04. The maximum absolute atomic E-state index is 12.4. The lowest BCUT2D eigenvalue weighted by Crippen LogP contribution is -2.44. The minimum Gasteiger partial charge on any atom is -0.480 e. The van der Waals surface area contributed by atoms with E-state index in [2.05, 4.69) is 27.9 Å². The zero-order valence-corrected chi connectivity index (χ0v) is 15.3. The molecule has 0 bridgehead atoms. The fraction of sp³-hybridized carbons (Fsp3) is 0.222. The van der Waals surface area contributed by atoms with Gasteiger partial charge < -0.3 is 15.2 Å². The number of hydrogen-bond acceptors (Lipinski definition) is 3. The monoisotopic (exact) mass is 439 g/mol. The van der Waals surface area contributed by atoms with E-state index in [1.54, 1.807) is 24.3 Å². The molecule has 2 atom stereocenters. The zero-order valence-electron chi connectivity index (χ0n) is 13.1. The molecule has 0 aliphatic heterocycles. The van der Waals surface area contributed by atoms with Crippen LogP contribution in [0.5, 0.6) is 0 Å². The molecular weight excluding hydrogens is 421 g/mol. The molecule has 2 N–H and O–H groups in total. The molecule has 0 spiro atoms. The van der Waals surface area contributed by atoms with Crippen molar-refractivity contribution in [1.82, 2.24) is 5.32 Å². The Kier molecular flexibility index (Phi) is 6.74. The fourth-order valence-electron chi connectivity index (χ4n) is 2.33. The minimum absolute atomic E-state index is 0.212. The van der Waals surface area contributed by atoms with Crippen LogP contribution in [-0.4, -0.2) is 30.1 Å². The highest BCUT2D eigenvalue weighted by Crippen LogP contribution is 2.17. The van der Waals surface area contributed by atoms with E-state index < -0.39 is 24.0 Å². The second kappa shape index (κ2) is 8.79. The van der Waals surface area contributed by atoms with Gasteiger partial charge in [-0.05, 0) is 45.9 Å². The summed E-state index contributed by atoms with van der Waals surface area (Å²) in [5, 5.41) is 12.0. The predicted octanol–water partition coefficient (Wildman–Crippen LogP) is 2.79. The average Bonchev–Trinajstić information content (AvgIpc) is 2.57. The molecule has 2 aromatic rings. The summed E-state index contributed by atoms with van der Waals surface area (Å²) in [4.78, 5) is 23.9. The van der Waals surface area contributed by atoms with Crippen LogP contribution in [0.15, 0.2) is 54.6 Å². The van der Waals surface area contributed by atoms with Gasteiger partial charge >= 0.3 is 5.97 Å². The smallest absolute Gasteiger partial charge is 0.326 e. The quantitative estimate of drug-likeness (QED) is 0.651. The van der Waals surface area contributed by atoms with E-state index in [1.165, 1.54) is 7.11 Å². The maximum Gasteiger partial charge on any atom is 0.326 e. The Morgan fingerprint density at radius 3 is 2.29 bits per heavy atom. The van der Waals surface area contributed by atoms with Gasteiger partial charge in [-0.1, -0.05) is 42.5 Å². The third-order valence-electron chi connectivity index (χ3n) is 3.54. The number of aliphatic carboxylic acids is 1. The van der Waals surface area contributed by atoms with Crippen LogP contribution in [0.25, 0.3) is 0 Å². The van der Waals surface area contributed by atoms with E-state index in [1.807, 2.05) is 30.3 Å². The highest BCUT2D eigenvalue weighted by atomic mass is 127. The largest absolute Gasteiger partial charge is 0.480 e. The lowest BCUT2D eigenvalue weighted by Gasteiger charge is -2.20. The van der Waals surface area contributed by atoms with Crippen molar-refractivity contribution in [1.29, 1.82) is 0 Å². The van der Waals surface area contributed by atoms with Gasteiger partial charge in [-0.25, -0.2) is 4.79 Å². The summed E-state index contributed by atoms with van der Waals surface area (Å²) in [5.41, 5.74) is 1.52. The second-order valence-corrected chi connectivity index (χ2v) is 6.50. The molecule has 24 heavy (non-hydrogen) atoms. The van der Waals surface area contributed by atoms with Gasteiger partial charge in [0.05, 0.1) is 0 Å². The molecule has 0 saturated heterocycles. The van der Waals surface area contributed by atoms with Crippen LogP contribution in [0, 0.1) is 3.57 Å². The first-order valence-corrected chi connectivity index (χ1v) is 8.44. The molecule has 126 valence electrons. The standard InChI is InChI=1S/C18H18INO4/c1-24-16(13-5-3-2-4-6-13)17(21)20-15(18(22)23)11-12-7-9-14(19)10-8-12/h2-10,15-16H,11H2,1H3,(H,20,21)(H,22,23)/t15-,16+/m0/s1. The molecule has 0 aromatic heterocycles.